The summed E-state index contributed by atoms with van der Waals surface area (Å²) in [6.45, 7) is 1.31. The molecule has 1 aromatic carbocycles. The summed E-state index contributed by atoms with van der Waals surface area (Å²) in [7, 11) is 0. The Labute approximate surface area is 147 Å². The van der Waals surface area contributed by atoms with E-state index in [0.717, 1.165) is 42.1 Å². The van der Waals surface area contributed by atoms with Crippen molar-refractivity contribution < 1.29 is 14.6 Å². The lowest BCUT2D eigenvalue weighted by atomic mass is 9.75. The summed E-state index contributed by atoms with van der Waals surface area (Å²) in [5.74, 6) is 0.388. The minimum atomic E-state index is -0.249. The summed E-state index contributed by atoms with van der Waals surface area (Å²) in [4.78, 5) is 17.3. The number of hydrogen-bond donors (Lipinski definition) is 2. The zero-order valence-electron chi connectivity index (χ0n) is 14.2. The van der Waals surface area contributed by atoms with Gasteiger partial charge in [-0.15, -0.1) is 0 Å². The Morgan fingerprint density at radius 2 is 2.00 bits per heavy atom. The van der Waals surface area contributed by atoms with Crippen molar-refractivity contribution in [3.05, 3.63) is 42.1 Å². The Morgan fingerprint density at radius 1 is 1.24 bits per heavy atom. The van der Waals surface area contributed by atoms with Crippen molar-refractivity contribution in [1.82, 2.24) is 10.3 Å². The SMILES string of the molecule is O=C(N[C@H](c1cnc2ccccc2c1)C1CC(O)C1)C1CCOCC1. The standard InChI is InChI=1S/C20H24N2O3/c23-17-10-15(11-17)19(22-20(24)13-5-7-25-8-6-13)16-9-14-3-1-2-4-18(14)21-12-16/h1-4,9,12-13,15,17,19,23H,5-8,10-11H2,(H,22,24)/t15?,17?,19-/m0/s1. The number of nitrogens with zero attached hydrogens (tertiary/aromatic N) is 1. The minimum absolute atomic E-state index is 0.0228. The van der Waals surface area contributed by atoms with E-state index in [1.165, 1.54) is 0 Å². The van der Waals surface area contributed by atoms with Gasteiger partial charge in [0.1, 0.15) is 0 Å². The highest BCUT2D eigenvalue weighted by Crippen LogP contribution is 2.38. The molecule has 1 aliphatic heterocycles. The molecule has 2 aromatic rings. The zero-order chi connectivity index (χ0) is 17.2. The summed E-state index contributed by atoms with van der Waals surface area (Å²) in [5, 5.41) is 14.0. The van der Waals surface area contributed by atoms with Gasteiger partial charge in [0.15, 0.2) is 0 Å². The van der Waals surface area contributed by atoms with Gasteiger partial charge < -0.3 is 15.2 Å². The molecule has 4 rings (SSSR count). The molecule has 1 saturated carbocycles. The summed E-state index contributed by atoms with van der Waals surface area (Å²) in [6, 6.07) is 10.0. The monoisotopic (exact) mass is 340 g/mol. The van der Waals surface area contributed by atoms with Gasteiger partial charge in [0, 0.05) is 30.7 Å². The number of para-hydroxylation sites is 1. The van der Waals surface area contributed by atoms with Crippen LogP contribution in [0.4, 0.5) is 0 Å². The second-order valence-corrected chi connectivity index (χ2v) is 7.22. The predicted octanol–water partition coefficient (Wildman–Crippen LogP) is 2.59. The van der Waals surface area contributed by atoms with Crippen LogP contribution in [0.2, 0.25) is 0 Å². The Balaban J connectivity index is 1.57. The van der Waals surface area contributed by atoms with Gasteiger partial charge in [-0.05, 0) is 49.3 Å². The fraction of sp³-hybridized carbons (Fsp3) is 0.500. The number of pyridine rings is 1. The number of carbonyl (C=O) groups excluding carboxylic acids is 1. The van der Waals surface area contributed by atoms with Gasteiger partial charge in [0.2, 0.25) is 5.91 Å². The molecule has 1 aliphatic carbocycles. The number of hydrogen-bond acceptors (Lipinski definition) is 4. The van der Waals surface area contributed by atoms with E-state index in [-0.39, 0.29) is 29.9 Å². The first-order valence-corrected chi connectivity index (χ1v) is 9.11. The molecule has 1 aromatic heterocycles. The first-order valence-electron chi connectivity index (χ1n) is 9.11. The van der Waals surface area contributed by atoms with Crippen LogP contribution in [0.1, 0.15) is 37.3 Å². The average Bonchev–Trinajstić information content (AvgIpc) is 2.64. The molecule has 1 amide bonds. The molecular formula is C20H24N2O3. The second-order valence-electron chi connectivity index (χ2n) is 7.22. The smallest absolute Gasteiger partial charge is 0.223 e. The maximum Gasteiger partial charge on any atom is 0.223 e. The number of aliphatic hydroxyl groups excluding tert-OH is 1. The molecule has 25 heavy (non-hydrogen) atoms. The lowest BCUT2D eigenvalue weighted by molar-refractivity contribution is -0.129. The number of aromatic nitrogens is 1. The highest BCUT2D eigenvalue weighted by Gasteiger charge is 2.37. The van der Waals surface area contributed by atoms with E-state index >= 15 is 0 Å². The first kappa shape index (κ1) is 16.5. The van der Waals surface area contributed by atoms with Crippen LogP contribution in [0.5, 0.6) is 0 Å². The number of carbonyl (C=O) groups is 1. The maximum atomic E-state index is 12.7. The zero-order valence-corrected chi connectivity index (χ0v) is 14.2. The van der Waals surface area contributed by atoms with E-state index in [4.69, 9.17) is 4.74 Å². The molecule has 132 valence electrons. The Bertz CT molecular complexity index is 751. The van der Waals surface area contributed by atoms with E-state index < -0.39 is 0 Å². The van der Waals surface area contributed by atoms with Crippen LogP contribution >= 0.6 is 0 Å². The van der Waals surface area contributed by atoms with Crippen molar-refractivity contribution in [3.63, 3.8) is 0 Å². The van der Waals surface area contributed by atoms with Gasteiger partial charge in [-0.3, -0.25) is 9.78 Å². The second kappa shape index (κ2) is 7.10. The number of aliphatic hydroxyl groups is 1. The van der Waals surface area contributed by atoms with Gasteiger partial charge in [0.05, 0.1) is 17.7 Å². The van der Waals surface area contributed by atoms with Crippen LogP contribution in [0.3, 0.4) is 0 Å². The molecule has 0 bridgehead atoms. The highest BCUT2D eigenvalue weighted by molar-refractivity contribution is 5.81. The van der Waals surface area contributed by atoms with Crippen LogP contribution in [0, 0.1) is 11.8 Å². The lowest BCUT2D eigenvalue weighted by Crippen LogP contribution is -2.44. The van der Waals surface area contributed by atoms with Gasteiger partial charge in [-0.1, -0.05) is 18.2 Å². The fourth-order valence-corrected chi connectivity index (χ4v) is 3.86. The van der Waals surface area contributed by atoms with Crippen molar-refractivity contribution in [2.45, 2.75) is 37.8 Å². The summed E-state index contributed by atoms with van der Waals surface area (Å²) < 4.78 is 5.36. The van der Waals surface area contributed by atoms with Gasteiger partial charge in [0.25, 0.3) is 0 Å². The lowest BCUT2D eigenvalue weighted by Gasteiger charge is -2.39. The van der Waals surface area contributed by atoms with Gasteiger partial charge in [-0.25, -0.2) is 0 Å². The quantitative estimate of drug-likeness (QED) is 0.897. The normalized spacial score (nSPS) is 25.3. The minimum Gasteiger partial charge on any atom is -0.393 e. The van der Waals surface area contributed by atoms with E-state index in [2.05, 4.69) is 16.4 Å². The average molecular weight is 340 g/mol. The Morgan fingerprint density at radius 3 is 2.76 bits per heavy atom. The van der Waals surface area contributed by atoms with Crippen molar-refractivity contribution >= 4 is 16.8 Å². The highest BCUT2D eigenvalue weighted by atomic mass is 16.5. The molecule has 0 radical (unpaired) electrons. The predicted molar refractivity (Wildman–Crippen MR) is 94.9 cm³/mol. The van der Waals surface area contributed by atoms with E-state index in [9.17, 15) is 9.90 Å². The molecule has 5 nitrogen and oxygen atoms in total. The topological polar surface area (TPSA) is 71.5 Å². The molecule has 0 spiro atoms. The van der Waals surface area contributed by atoms with Crippen LogP contribution < -0.4 is 5.32 Å². The summed E-state index contributed by atoms with van der Waals surface area (Å²) >= 11 is 0. The molecule has 2 fully saturated rings. The molecule has 1 saturated heterocycles. The summed E-state index contributed by atoms with van der Waals surface area (Å²) in [5.41, 5.74) is 1.98. The van der Waals surface area contributed by atoms with Crippen molar-refractivity contribution in [2.75, 3.05) is 13.2 Å². The molecule has 0 unspecified atom stereocenters. The third-order valence-electron chi connectivity index (χ3n) is 5.48. The number of nitrogens with one attached hydrogen (secondary N) is 1. The van der Waals surface area contributed by atoms with Gasteiger partial charge >= 0.3 is 0 Å². The molecular weight excluding hydrogens is 316 g/mol. The maximum absolute atomic E-state index is 12.7. The third-order valence-corrected chi connectivity index (χ3v) is 5.48. The Kier molecular flexibility index (Phi) is 4.68. The van der Waals surface area contributed by atoms with E-state index in [1.807, 2.05) is 30.5 Å². The van der Waals surface area contributed by atoms with Crippen LogP contribution in [0.25, 0.3) is 10.9 Å². The summed E-state index contributed by atoms with van der Waals surface area (Å²) in [6.07, 6.45) is 4.63. The molecule has 1 atom stereocenters. The fourth-order valence-electron chi connectivity index (χ4n) is 3.86. The van der Waals surface area contributed by atoms with Gasteiger partial charge in [-0.2, -0.15) is 0 Å². The number of fused-ring (bicyclic) bond motifs is 1. The van der Waals surface area contributed by atoms with Crippen LogP contribution in [-0.4, -0.2) is 35.3 Å². The third kappa shape index (κ3) is 3.53. The molecule has 5 heteroatoms. The Hall–Kier alpha value is -1.98. The number of amides is 1. The molecule has 2 heterocycles. The van der Waals surface area contributed by atoms with E-state index in [0.29, 0.717) is 13.2 Å². The van der Waals surface area contributed by atoms with E-state index in [1.54, 1.807) is 0 Å². The van der Waals surface area contributed by atoms with Crippen LogP contribution in [0.15, 0.2) is 36.5 Å². The van der Waals surface area contributed by atoms with Crippen molar-refractivity contribution in [1.29, 1.82) is 0 Å². The number of ether oxygens (including phenoxy) is 1. The number of rotatable bonds is 4. The van der Waals surface area contributed by atoms with Crippen molar-refractivity contribution in [2.24, 2.45) is 11.8 Å². The largest absolute Gasteiger partial charge is 0.393 e. The molecule has 2 N–H and O–H groups in total. The van der Waals surface area contributed by atoms with Crippen LogP contribution in [-0.2, 0) is 9.53 Å². The first-order chi connectivity index (χ1) is 12.2. The molecule has 2 aliphatic rings. The van der Waals surface area contributed by atoms with Crippen molar-refractivity contribution in [3.8, 4) is 0 Å². The number of benzene rings is 1.